The molecule has 1 N–H and O–H groups in total. The van der Waals surface area contributed by atoms with Gasteiger partial charge in [-0.1, -0.05) is 68.5 Å². The third-order valence-electron chi connectivity index (χ3n) is 6.09. The smallest absolute Gasteiger partial charge is 0.0119 e. The van der Waals surface area contributed by atoms with Crippen molar-refractivity contribution in [2.24, 2.45) is 17.8 Å². The van der Waals surface area contributed by atoms with Crippen LogP contribution in [0.25, 0.3) is 0 Å². The molecule has 29 heavy (non-hydrogen) atoms. The number of nitrogens with one attached hydrogen (secondary N) is 1. The van der Waals surface area contributed by atoms with Gasteiger partial charge in [-0.3, -0.25) is 0 Å². The van der Waals surface area contributed by atoms with Gasteiger partial charge in [0.25, 0.3) is 0 Å². The van der Waals surface area contributed by atoms with Crippen LogP contribution in [0.2, 0.25) is 0 Å². The van der Waals surface area contributed by atoms with Crippen molar-refractivity contribution in [3.8, 4) is 0 Å². The summed E-state index contributed by atoms with van der Waals surface area (Å²) in [5.74, 6) is 2.45. The van der Waals surface area contributed by atoms with E-state index in [1.807, 2.05) is 12.2 Å². The van der Waals surface area contributed by atoms with Gasteiger partial charge in [-0.2, -0.15) is 0 Å². The molecule has 0 amide bonds. The molecule has 0 bridgehead atoms. The lowest BCUT2D eigenvalue weighted by atomic mass is 9.99. The van der Waals surface area contributed by atoms with Gasteiger partial charge in [-0.25, -0.2) is 0 Å². The average molecular weight is 390 g/mol. The van der Waals surface area contributed by atoms with Crippen molar-refractivity contribution in [1.82, 2.24) is 5.32 Å². The van der Waals surface area contributed by atoms with Crippen molar-refractivity contribution in [2.75, 3.05) is 0 Å². The molecule has 1 heteroatoms. The lowest BCUT2D eigenvalue weighted by Crippen LogP contribution is -2.12. The van der Waals surface area contributed by atoms with Gasteiger partial charge in [0.2, 0.25) is 0 Å². The molecule has 2 atom stereocenters. The summed E-state index contributed by atoms with van der Waals surface area (Å²) >= 11 is 0. The summed E-state index contributed by atoms with van der Waals surface area (Å²) in [6.07, 6.45) is 18.0. The van der Waals surface area contributed by atoms with Crippen LogP contribution < -0.4 is 5.32 Å². The molecule has 2 aliphatic carbocycles. The molecule has 2 aliphatic rings. The van der Waals surface area contributed by atoms with Crippen LogP contribution in [0.3, 0.4) is 0 Å². The van der Waals surface area contributed by atoms with E-state index >= 15 is 0 Å². The highest BCUT2D eigenvalue weighted by Gasteiger charge is 2.51. The van der Waals surface area contributed by atoms with Crippen molar-refractivity contribution < 1.29 is 0 Å². The summed E-state index contributed by atoms with van der Waals surface area (Å²) in [5.41, 5.74) is 8.32. The zero-order chi connectivity index (χ0) is 21.6. The molecule has 0 aromatic carbocycles. The monoisotopic (exact) mass is 389 g/mol. The maximum atomic E-state index is 4.35. The minimum atomic E-state index is 0.682. The first-order chi connectivity index (χ1) is 13.8. The maximum absolute atomic E-state index is 4.35. The second-order valence-electron chi connectivity index (χ2n) is 8.86. The zero-order valence-electron chi connectivity index (χ0n) is 19.1. The van der Waals surface area contributed by atoms with Crippen LogP contribution in [0.4, 0.5) is 0 Å². The summed E-state index contributed by atoms with van der Waals surface area (Å²) in [6, 6.07) is 0. The molecule has 0 radical (unpaired) electrons. The molecule has 0 aromatic rings. The lowest BCUT2D eigenvalue weighted by molar-refractivity contribution is 0.480. The second kappa shape index (κ2) is 10.5. The molecule has 0 heterocycles. The van der Waals surface area contributed by atoms with Gasteiger partial charge in [-0.15, -0.1) is 0 Å². The van der Waals surface area contributed by atoms with Gasteiger partial charge in [0.1, 0.15) is 0 Å². The SMILES string of the molecule is C=C/C=C(C=C(C)C)/C(C)=C/C(C=C)=C(C)/C=C(\C)NC(=C)C1C2CCCCC21. The van der Waals surface area contributed by atoms with Crippen molar-refractivity contribution in [2.45, 2.75) is 60.3 Å². The van der Waals surface area contributed by atoms with E-state index in [1.165, 1.54) is 53.7 Å². The summed E-state index contributed by atoms with van der Waals surface area (Å²) < 4.78 is 0. The van der Waals surface area contributed by atoms with Crippen LogP contribution >= 0.6 is 0 Å². The fourth-order valence-electron chi connectivity index (χ4n) is 4.67. The minimum Gasteiger partial charge on any atom is -0.363 e. The summed E-state index contributed by atoms with van der Waals surface area (Å²) in [7, 11) is 0. The van der Waals surface area contributed by atoms with Gasteiger partial charge in [0.05, 0.1) is 0 Å². The standard InChI is InChI=1S/C28H39N/c1-9-13-25(16-19(3)4)21(6)18-24(10-2)20(5)17-22(7)29-23(8)28-26-14-11-12-15-27(26)28/h9-10,13,16-18,26-29H,1-2,8,11-12,14-15H2,3-7H3/b21-18+,22-17+,24-20+,25-13+. The number of rotatable bonds is 9. The van der Waals surface area contributed by atoms with E-state index in [1.54, 1.807) is 0 Å². The highest BCUT2D eigenvalue weighted by Crippen LogP contribution is 2.57. The molecule has 0 spiro atoms. The molecule has 2 unspecified atom stereocenters. The molecule has 0 aliphatic heterocycles. The van der Waals surface area contributed by atoms with Gasteiger partial charge in [-0.05, 0) is 87.7 Å². The Hall–Kier alpha value is -2.28. The molecular weight excluding hydrogens is 350 g/mol. The molecule has 1 nitrogen and oxygen atoms in total. The predicted molar refractivity (Wildman–Crippen MR) is 129 cm³/mol. The van der Waals surface area contributed by atoms with Crippen LogP contribution in [0.1, 0.15) is 60.3 Å². The Bertz CT molecular complexity index is 793. The number of allylic oxidation sites excluding steroid dienone is 13. The molecular formula is C28H39N. The van der Waals surface area contributed by atoms with Crippen molar-refractivity contribution >= 4 is 0 Å². The third-order valence-corrected chi connectivity index (χ3v) is 6.09. The predicted octanol–water partition coefficient (Wildman–Crippen LogP) is 7.96. The molecule has 156 valence electrons. The molecule has 0 aromatic heterocycles. The second-order valence-corrected chi connectivity index (χ2v) is 8.86. The van der Waals surface area contributed by atoms with Crippen LogP contribution in [-0.2, 0) is 0 Å². The number of hydrogen-bond acceptors (Lipinski definition) is 1. The normalized spacial score (nSPS) is 25.4. The van der Waals surface area contributed by atoms with E-state index in [9.17, 15) is 0 Å². The molecule has 0 saturated heterocycles. The first-order valence-corrected chi connectivity index (χ1v) is 10.9. The van der Waals surface area contributed by atoms with Crippen LogP contribution in [-0.4, -0.2) is 0 Å². The maximum Gasteiger partial charge on any atom is 0.0119 e. The Labute approximate surface area is 179 Å². The van der Waals surface area contributed by atoms with E-state index in [0.29, 0.717) is 5.92 Å². The Kier molecular flexibility index (Phi) is 8.32. The zero-order valence-corrected chi connectivity index (χ0v) is 19.1. The quantitative estimate of drug-likeness (QED) is 0.394. The Balaban J connectivity index is 2.14. The van der Waals surface area contributed by atoms with Crippen LogP contribution in [0.5, 0.6) is 0 Å². The van der Waals surface area contributed by atoms with E-state index in [2.05, 4.69) is 84.0 Å². The number of fused-ring (bicyclic) bond motifs is 1. The highest BCUT2D eigenvalue weighted by atomic mass is 14.9. The fraction of sp³-hybridized carbons (Fsp3) is 0.429. The minimum absolute atomic E-state index is 0.682. The van der Waals surface area contributed by atoms with Gasteiger partial charge >= 0.3 is 0 Å². The molecule has 2 rings (SSSR count). The Morgan fingerprint density at radius 3 is 2.03 bits per heavy atom. The van der Waals surface area contributed by atoms with Crippen molar-refractivity contribution in [1.29, 1.82) is 0 Å². The summed E-state index contributed by atoms with van der Waals surface area (Å²) in [5, 5.41) is 3.57. The van der Waals surface area contributed by atoms with Crippen molar-refractivity contribution in [3.05, 3.63) is 95.5 Å². The van der Waals surface area contributed by atoms with Crippen LogP contribution in [0, 0.1) is 17.8 Å². The number of hydrogen-bond donors (Lipinski definition) is 1. The van der Waals surface area contributed by atoms with E-state index < -0.39 is 0 Å². The Morgan fingerprint density at radius 1 is 0.897 bits per heavy atom. The first kappa shape index (κ1) is 23.0. The summed E-state index contributed by atoms with van der Waals surface area (Å²) in [6.45, 7) is 22.9. The van der Waals surface area contributed by atoms with E-state index in [-0.39, 0.29) is 0 Å². The highest BCUT2D eigenvalue weighted by molar-refractivity contribution is 5.49. The van der Waals surface area contributed by atoms with Gasteiger partial charge < -0.3 is 5.32 Å². The topological polar surface area (TPSA) is 12.0 Å². The van der Waals surface area contributed by atoms with Crippen LogP contribution in [0.15, 0.2) is 95.5 Å². The first-order valence-electron chi connectivity index (χ1n) is 10.9. The van der Waals surface area contributed by atoms with Gasteiger partial charge in [0, 0.05) is 17.3 Å². The summed E-state index contributed by atoms with van der Waals surface area (Å²) in [4.78, 5) is 0. The fourth-order valence-corrected chi connectivity index (χ4v) is 4.67. The largest absolute Gasteiger partial charge is 0.363 e. The van der Waals surface area contributed by atoms with E-state index in [0.717, 1.165) is 23.1 Å². The molecule has 2 fully saturated rings. The van der Waals surface area contributed by atoms with E-state index in [4.69, 9.17) is 0 Å². The van der Waals surface area contributed by atoms with Crippen molar-refractivity contribution in [3.63, 3.8) is 0 Å². The average Bonchev–Trinajstić information content (AvgIpc) is 3.39. The lowest BCUT2D eigenvalue weighted by Gasteiger charge is -2.11. The Morgan fingerprint density at radius 2 is 1.52 bits per heavy atom. The third kappa shape index (κ3) is 6.35. The van der Waals surface area contributed by atoms with Gasteiger partial charge in [0.15, 0.2) is 0 Å². The molecule has 2 saturated carbocycles.